The van der Waals surface area contributed by atoms with Crippen molar-refractivity contribution in [3.63, 3.8) is 0 Å². The zero-order valence-corrected chi connectivity index (χ0v) is 12.3. The highest BCUT2D eigenvalue weighted by Gasteiger charge is 2.23. The molecule has 1 aliphatic rings. The van der Waals surface area contributed by atoms with E-state index in [9.17, 15) is 4.79 Å². The van der Waals surface area contributed by atoms with Crippen molar-refractivity contribution >= 4 is 22.9 Å². The standard InChI is InChI=1S/C16H17NO2S/c1-12-4-6-15-14(11-12)17(8-9-19-15)16(18)7-5-13-3-2-10-20-13/h2-4,6,10-11H,5,7-9H2,1H3. The van der Waals surface area contributed by atoms with Gasteiger partial charge in [0.25, 0.3) is 0 Å². The number of aryl methyl sites for hydroxylation is 2. The molecule has 1 aromatic carbocycles. The molecule has 4 heteroatoms. The summed E-state index contributed by atoms with van der Waals surface area (Å²) in [5, 5.41) is 2.05. The topological polar surface area (TPSA) is 29.5 Å². The van der Waals surface area contributed by atoms with Crippen LogP contribution in [0.3, 0.4) is 0 Å². The minimum atomic E-state index is 0.175. The molecule has 0 radical (unpaired) electrons. The summed E-state index contributed by atoms with van der Waals surface area (Å²) in [5.41, 5.74) is 2.05. The second kappa shape index (κ2) is 5.67. The Hall–Kier alpha value is -1.81. The molecule has 0 atom stereocenters. The molecule has 0 fully saturated rings. The van der Waals surface area contributed by atoms with Crippen molar-refractivity contribution < 1.29 is 9.53 Å². The number of ether oxygens (including phenoxy) is 1. The maximum atomic E-state index is 12.4. The zero-order chi connectivity index (χ0) is 13.9. The zero-order valence-electron chi connectivity index (χ0n) is 11.5. The molecule has 0 spiro atoms. The van der Waals surface area contributed by atoms with E-state index in [0.717, 1.165) is 23.4 Å². The van der Waals surface area contributed by atoms with Crippen LogP contribution in [0, 0.1) is 6.92 Å². The fraction of sp³-hybridized carbons (Fsp3) is 0.312. The maximum Gasteiger partial charge on any atom is 0.227 e. The van der Waals surface area contributed by atoms with E-state index in [-0.39, 0.29) is 5.91 Å². The number of amides is 1. The summed E-state index contributed by atoms with van der Waals surface area (Å²) in [5.74, 6) is 0.986. The van der Waals surface area contributed by atoms with Crippen LogP contribution in [0.5, 0.6) is 5.75 Å². The highest BCUT2D eigenvalue weighted by Crippen LogP contribution is 2.32. The highest BCUT2D eigenvalue weighted by molar-refractivity contribution is 7.09. The fourth-order valence-electron chi connectivity index (χ4n) is 2.41. The number of rotatable bonds is 3. The van der Waals surface area contributed by atoms with E-state index in [1.165, 1.54) is 4.88 Å². The Morgan fingerprint density at radius 3 is 3.10 bits per heavy atom. The summed E-state index contributed by atoms with van der Waals surface area (Å²) in [4.78, 5) is 15.6. The smallest absolute Gasteiger partial charge is 0.227 e. The van der Waals surface area contributed by atoms with E-state index in [1.807, 2.05) is 41.5 Å². The largest absolute Gasteiger partial charge is 0.490 e. The molecular formula is C16H17NO2S. The van der Waals surface area contributed by atoms with Gasteiger partial charge >= 0.3 is 0 Å². The van der Waals surface area contributed by atoms with Crippen molar-refractivity contribution in [3.05, 3.63) is 46.2 Å². The average Bonchev–Trinajstić information content (AvgIpc) is 2.97. The van der Waals surface area contributed by atoms with Crippen LogP contribution in [0.25, 0.3) is 0 Å². The Kier molecular flexibility index (Phi) is 3.74. The quantitative estimate of drug-likeness (QED) is 0.865. The molecule has 2 aromatic rings. The first-order valence-corrected chi connectivity index (χ1v) is 7.68. The molecule has 0 bridgehead atoms. The average molecular weight is 287 g/mol. The van der Waals surface area contributed by atoms with Gasteiger partial charge in [-0.15, -0.1) is 11.3 Å². The number of nitrogens with zero attached hydrogens (tertiary/aromatic N) is 1. The number of hydrogen-bond acceptors (Lipinski definition) is 3. The van der Waals surface area contributed by atoms with Gasteiger partial charge in [0.05, 0.1) is 12.2 Å². The number of benzene rings is 1. The van der Waals surface area contributed by atoms with Gasteiger partial charge in [0.1, 0.15) is 12.4 Å². The van der Waals surface area contributed by atoms with E-state index in [0.29, 0.717) is 19.6 Å². The molecule has 0 saturated heterocycles. The Balaban J connectivity index is 1.74. The maximum absolute atomic E-state index is 12.4. The van der Waals surface area contributed by atoms with Gasteiger partial charge in [-0.1, -0.05) is 12.1 Å². The highest BCUT2D eigenvalue weighted by atomic mass is 32.1. The second-order valence-electron chi connectivity index (χ2n) is 4.94. The molecule has 104 valence electrons. The number of anilines is 1. The van der Waals surface area contributed by atoms with Gasteiger partial charge in [-0.05, 0) is 42.5 Å². The Bertz CT molecular complexity index is 607. The molecule has 0 saturated carbocycles. The molecule has 0 N–H and O–H groups in total. The lowest BCUT2D eigenvalue weighted by Crippen LogP contribution is -2.38. The van der Waals surface area contributed by atoms with Gasteiger partial charge in [-0.2, -0.15) is 0 Å². The Labute approximate surface area is 122 Å². The number of hydrogen-bond donors (Lipinski definition) is 0. The van der Waals surface area contributed by atoms with Crippen molar-refractivity contribution in [2.24, 2.45) is 0 Å². The molecule has 0 aliphatic carbocycles. The summed E-state index contributed by atoms with van der Waals surface area (Å²) in [6.45, 7) is 3.24. The summed E-state index contributed by atoms with van der Waals surface area (Å²) >= 11 is 1.70. The number of carbonyl (C=O) groups excluding carboxylic acids is 1. The lowest BCUT2D eigenvalue weighted by atomic mass is 10.1. The Morgan fingerprint density at radius 1 is 1.40 bits per heavy atom. The molecule has 2 heterocycles. The summed E-state index contributed by atoms with van der Waals surface area (Å²) in [6.07, 6.45) is 1.36. The van der Waals surface area contributed by atoms with E-state index < -0.39 is 0 Å². The van der Waals surface area contributed by atoms with Crippen LogP contribution in [-0.2, 0) is 11.2 Å². The number of fused-ring (bicyclic) bond motifs is 1. The molecule has 1 aromatic heterocycles. The molecule has 0 unspecified atom stereocenters. The van der Waals surface area contributed by atoms with Crippen LogP contribution in [0.4, 0.5) is 5.69 Å². The van der Waals surface area contributed by atoms with E-state index in [4.69, 9.17) is 4.74 Å². The van der Waals surface area contributed by atoms with Gasteiger partial charge in [0.2, 0.25) is 5.91 Å². The first kappa shape index (κ1) is 13.2. The monoisotopic (exact) mass is 287 g/mol. The van der Waals surface area contributed by atoms with Crippen molar-refractivity contribution in [2.75, 3.05) is 18.1 Å². The van der Waals surface area contributed by atoms with Crippen molar-refractivity contribution in [1.82, 2.24) is 0 Å². The number of thiophene rings is 1. The molecular weight excluding hydrogens is 270 g/mol. The van der Waals surface area contributed by atoms with E-state index >= 15 is 0 Å². The van der Waals surface area contributed by atoms with E-state index in [2.05, 4.69) is 6.07 Å². The van der Waals surface area contributed by atoms with E-state index in [1.54, 1.807) is 11.3 Å². The molecule has 1 amide bonds. The summed E-state index contributed by atoms with van der Waals surface area (Å²) in [7, 11) is 0. The fourth-order valence-corrected chi connectivity index (χ4v) is 3.12. The van der Waals surface area contributed by atoms with Crippen LogP contribution < -0.4 is 9.64 Å². The third-order valence-electron chi connectivity index (χ3n) is 3.44. The minimum absolute atomic E-state index is 0.175. The van der Waals surface area contributed by atoms with Crippen LogP contribution in [0.15, 0.2) is 35.7 Å². The van der Waals surface area contributed by atoms with Gasteiger partial charge in [0, 0.05) is 11.3 Å². The lowest BCUT2D eigenvalue weighted by Gasteiger charge is -2.30. The molecule has 1 aliphatic heterocycles. The van der Waals surface area contributed by atoms with Crippen LogP contribution in [0.1, 0.15) is 16.9 Å². The third-order valence-corrected chi connectivity index (χ3v) is 4.38. The SMILES string of the molecule is Cc1ccc2c(c1)N(C(=O)CCc1cccs1)CCO2. The molecule has 20 heavy (non-hydrogen) atoms. The first-order valence-electron chi connectivity index (χ1n) is 6.80. The molecule has 3 rings (SSSR count). The van der Waals surface area contributed by atoms with Crippen molar-refractivity contribution in [2.45, 2.75) is 19.8 Å². The lowest BCUT2D eigenvalue weighted by molar-refractivity contribution is -0.118. The van der Waals surface area contributed by atoms with Crippen molar-refractivity contribution in [3.8, 4) is 5.75 Å². The van der Waals surface area contributed by atoms with Gasteiger partial charge in [0.15, 0.2) is 0 Å². The summed E-state index contributed by atoms with van der Waals surface area (Å²) < 4.78 is 5.62. The van der Waals surface area contributed by atoms with Crippen molar-refractivity contribution in [1.29, 1.82) is 0 Å². The normalized spacial score (nSPS) is 13.8. The van der Waals surface area contributed by atoms with Gasteiger partial charge < -0.3 is 9.64 Å². The Morgan fingerprint density at radius 2 is 2.30 bits per heavy atom. The van der Waals surface area contributed by atoms with Gasteiger partial charge in [-0.3, -0.25) is 4.79 Å². The molecule has 3 nitrogen and oxygen atoms in total. The minimum Gasteiger partial charge on any atom is -0.490 e. The van der Waals surface area contributed by atoms with Gasteiger partial charge in [-0.25, -0.2) is 0 Å². The summed E-state index contributed by atoms with van der Waals surface area (Å²) in [6, 6.07) is 10.1. The second-order valence-corrected chi connectivity index (χ2v) is 5.98. The van der Waals surface area contributed by atoms with Crippen LogP contribution in [-0.4, -0.2) is 19.1 Å². The number of carbonyl (C=O) groups is 1. The van der Waals surface area contributed by atoms with Crippen LogP contribution >= 0.6 is 11.3 Å². The predicted octanol–water partition coefficient (Wildman–Crippen LogP) is 3.41. The third kappa shape index (κ3) is 2.70. The first-order chi connectivity index (χ1) is 9.74. The van der Waals surface area contributed by atoms with Crippen LogP contribution in [0.2, 0.25) is 0 Å². The predicted molar refractivity (Wildman–Crippen MR) is 81.7 cm³/mol.